The highest BCUT2D eigenvalue weighted by atomic mass is 79.9. The molecule has 1 atom stereocenters. The average molecular weight is 714 g/mol. The molecule has 0 fully saturated rings. The summed E-state index contributed by atoms with van der Waals surface area (Å²) in [7, 11) is 1.55. The second-order valence-electron chi connectivity index (χ2n) is 10.7. The molecule has 0 unspecified atom stereocenters. The Hall–Kier alpha value is -4.67. The fourth-order valence-corrected chi connectivity index (χ4v) is 7.30. The molecule has 2 heterocycles. The third-order valence-corrected chi connectivity index (χ3v) is 9.45. The molecule has 8 nitrogen and oxygen atoms in total. The number of hydrogen-bond donors (Lipinski definition) is 0. The number of esters is 1. The molecule has 1 aromatic heterocycles. The van der Waals surface area contributed by atoms with Crippen molar-refractivity contribution in [3.63, 3.8) is 0 Å². The molecule has 4 aromatic carbocycles. The first-order valence-electron chi connectivity index (χ1n) is 15.2. The number of benzene rings is 4. The summed E-state index contributed by atoms with van der Waals surface area (Å²) in [5, 5.41) is 2.32. The Bertz CT molecular complexity index is 2200. The maximum atomic E-state index is 14.2. The summed E-state index contributed by atoms with van der Waals surface area (Å²) in [5.41, 5.74) is 2.96. The third-order valence-electron chi connectivity index (χ3n) is 7.85. The molecule has 6 rings (SSSR count). The van der Waals surface area contributed by atoms with Crippen LogP contribution in [-0.4, -0.2) is 30.9 Å². The monoisotopic (exact) mass is 712 g/mol. The van der Waals surface area contributed by atoms with Gasteiger partial charge < -0.3 is 18.9 Å². The Morgan fingerprint density at radius 1 is 0.979 bits per heavy atom. The lowest BCUT2D eigenvalue weighted by Gasteiger charge is -2.26. The highest BCUT2D eigenvalue weighted by Gasteiger charge is 2.36. The smallest absolute Gasteiger partial charge is 0.338 e. The van der Waals surface area contributed by atoms with E-state index in [1.54, 1.807) is 31.6 Å². The number of aromatic nitrogens is 1. The average Bonchev–Trinajstić information content (AvgIpc) is 3.37. The SMILES string of the molecule is CCOC(=O)C1=C(C)N=c2s/c(=C/c3ccc(OCc4cccc5ccccc45)c(Br)c3)c(=O)n2[C@H]1c1cccc(OC)c1OCC. The van der Waals surface area contributed by atoms with Crippen molar-refractivity contribution in [3.05, 3.63) is 131 Å². The van der Waals surface area contributed by atoms with E-state index in [9.17, 15) is 9.59 Å². The van der Waals surface area contributed by atoms with Crippen molar-refractivity contribution in [2.45, 2.75) is 33.4 Å². The molecule has 0 saturated heterocycles. The zero-order valence-electron chi connectivity index (χ0n) is 26.4. The van der Waals surface area contributed by atoms with Crippen LogP contribution < -0.4 is 29.1 Å². The van der Waals surface area contributed by atoms with Gasteiger partial charge in [-0.2, -0.15) is 0 Å². The number of nitrogens with zero attached hydrogens (tertiary/aromatic N) is 2. The first-order valence-corrected chi connectivity index (χ1v) is 16.8. The number of halogens is 1. The zero-order valence-corrected chi connectivity index (χ0v) is 28.8. The minimum absolute atomic E-state index is 0.180. The van der Waals surface area contributed by atoms with Crippen molar-refractivity contribution in [2.24, 2.45) is 4.99 Å². The van der Waals surface area contributed by atoms with Crippen LogP contribution in [0.4, 0.5) is 0 Å². The molecule has 1 aliphatic rings. The van der Waals surface area contributed by atoms with Crippen molar-refractivity contribution >= 4 is 50.1 Å². The van der Waals surface area contributed by atoms with Crippen LogP contribution in [0.1, 0.15) is 43.5 Å². The lowest BCUT2D eigenvalue weighted by Crippen LogP contribution is -2.40. The van der Waals surface area contributed by atoms with E-state index in [1.807, 2.05) is 61.5 Å². The number of thiazole rings is 1. The molecule has 5 aromatic rings. The van der Waals surface area contributed by atoms with Gasteiger partial charge in [0.15, 0.2) is 16.3 Å². The Morgan fingerprint density at radius 3 is 2.53 bits per heavy atom. The standard InChI is InChI=1S/C37H33BrN2O6S/c1-5-44-34-27(15-10-16-30(34)43-4)33-32(36(42)45-6-2)22(3)39-37-40(33)35(41)31(47-37)20-23-17-18-29(28(38)19-23)46-21-25-13-9-12-24-11-7-8-14-26(24)25/h7-20,33H,5-6,21H2,1-4H3/b31-20+/t33-/m0/s1. The van der Waals surface area contributed by atoms with Crippen molar-refractivity contribution < 1.29 is 23.7 Å². The fraction of sp³-hybridized carbons (Fsp3) is 0.216. The molecule has 0 spiro atoms. The van der Waals surface area contributed by atoms with Crippen LogP contribution in [-0.2, 0) is 16.1 Å². The largest absolute Gasteiger partial charge is 0.493 e. The van der Waals surface area contributed by atoms with Gasteiger partial charge in [-0.05, 0) is 82.9 Å². The normalized spacial score (nSPS) is 14.5. The van der Waals surface area contributed by atoms with Crippen LogP contribution in [0.3, 0.4) is 0 Å². The number of carbonyl (C=O) groups excluding carboxylic acids is 1. The van der Waals surface area contributed by atoms with Gasteiger partial charge in [0.2, 0.25) is 0 Å². The van der Waals surface area contributed by atoms with Crippen molar-refractivity contribution in [3.8, 4) is 17.2 Å². The number of ether oxygens (including phenoxy) is 4. The van der Waals surface area contributed by atoms with Crippen molar-refractivity contribution in [1.29, 1.82) is 0 Å². The molecule has 0 saturated carbocycles. The van der Waals surface area contributed by atoms with Crippen LogP contribution in [0.25, 0.3) is 16.8 Å². The maximum Gasteiger partial charge on any atom is 0.338 e. The highest BCUT2D eigenvalue weighted by molar-refractivity contribution is 9.10. The lowest BCUT2D eigenvalue weighted by atomic mass is 9.94. The molecule has 0 aliphatic carbocycles. The molecule has 0 amide bonds. The Balaban J connectivity index is 1.39. The van der Waals surface area contributed by atoms with E-state index in [0.717, 1.165) is 26.4 Å². The molecule has 47 heavy (non-hydrogen) atoms. The second-order valence-corrected chi connectivity index (χ2v) is 12.6. The van der Waals surface area contributed by atoms with Gasteiger partial charge >= 0.3 is 5.97 Å². The Morgan fingerprint density at radius 2 is 1.77 bits per heavy atom. The summed E-state index contributed by atoms with van der Waals surface area (Å²) in [5.74, 6) is 1.10. The first kappa shape index (κ1) is 32.3. The summed E-state index contributed by atoms with van der Waals surface area (Å²) >= 11 is 4.91. The van der Waals surface area contributed by atoms with E-state index in [4.69, 9.17) is 23.9 Å². The Kier molecular flexibility index (Phi) is 9.60. The highest BCUT2D eigenvalue weighted by Crippen LogP contribution is 2.41. The van der Waals surface area contributed by atoms with Crippen molar-refractivity contribution in [2.75, 3.05) is 20.3 Å². The second kappa shape index (κ2) is 14.0. The molecular formula is C37H33BrN2O6S. The molecule has 0 radical (unpaired) electrons. The summed E-state index contributed by atoms with van der Waals surface area (Å²) < 4.78 is 26.0. The Labute approximate surface area is 284 Å². The minimum atomic E-state index is -0.833. The number of hydrogen-bond acceptors (Lipinski definition) is 8. The number of allylic oxidation sites excluding steroid dienone is 1. The van der Waals surface area contributed by atoms with Gasteiger partial charge in [-0.25, -0.2) is 9.79 Å². The van der Waals surface area contributed by atoms with E-state index < -0.39 is 12.0 Å². The zero-order chi connectivity index (χ0) is 33.1. The van der Waals surface area contributed by atoms with Gasteiger partial charge in [-0.15, -0.1) is 0 Å². The predicted molar refractivity (Wildman–Crippen MR) is 187 cm³/mol. The minimum Gasteiger partial charge on any atom is -0.493 e. The van der Waals surface area contributed by atoms with E-state index in [2.05, 4.69) is 40.2 Å². The third kappa shape index (κ3) is 6.35. The molecule has 0 N–H and O–H groups in total. The first-order chi connectivity index (χ1) is 22.8. The number of rotatable bonds is 10. The van der Waals surface area contributed by atoms with E-state index in [-0.39, 0.29) is 17.7 Å². The van der Waals surface area contributed by atoms with Crippen LogP contribution in [0, 0.1) is 0 Å². The number of para-hydroxylation sites is 1. The van der Waals surface area contributed by atoms with Gasteiger partial charge in [-0.3, -0.25) is 9.36 Å². The molecule has 240 valence electrons. The van der Waals surface area contributed by atoms with Gasteiger partial charge in [0.05, 0.1) is 40.6 Å². The lowest BCUT2D eigenvalue weighted by molar-refractivity contribution is -0.139. The van der Waals surface area contributed by atoms with Gasteiger partial charge in [-0.1, -0.05) is 72.0 Å². The van der Waals surface area contributed by atoms with E-state index in [0.29, 0.717) is 51.1 Å². The molecule has 0 bridgehead atoms. The number of carbonyl (C=O) groups is 1. The van der Waals surface area contributed by atoms with Gasteiger partial charge in [0.1, 0.15) is 18.4 Å². The van der Waals surface area contributed by atoms with E-state index in [1.165, 1.54) is 11.3 Å². The summed E-state index contributed by atoms with van der Waals surface area (Å²) in [6.45, 7) is 6.32. The summed E-state index contributed by atoms with van der Waals surface area (Å²) in [6, 6.07) is 24.7. The number of fused-ring (bicyclic) bond motifs is 2. The predicted octanol–water partition coefficient (Wildman–Crippen LogP) is 6.70. The molecule has 10 heteroatoms. The van der Waals surface area contributed by atoms with Gasteiger partial charge in [0.25, 0.3) is 5.56 Å². The van der Waals surface area contributed by atoms with Gasteiger partial charge in [0, 0.05) is 5.56 Å². The van der Waals surface area contributed by atoms with Crippen LogP contribution in [0.2, 0.25) is 0 Å². The molecular weight excluding hydrogens is 680 g/mol. The maximum absolute atomic E-state index is 14.2. The topological polar surface area (TPSA) is 88.4 Å². The summed E-state index contributed by atoms with van der Waals surface area (Å²) in [4.78, 5) is 32.7. The summed E-state index contributed by atoms with van der Waals surface area (Å²) in [6.07, 6.45) is 1.82. The van der Waals surface area contributed by atoms with Crippen LogP contribution in [0.15, 0.2) is 104 Å². The van der Waals surface area contributed by atoms with Crippen molar-refractivity contribution in [1.82, 2.24) is 4.57 Å². The quantitative estimate of drug-likeness (QED) is 0.150. The number of methoxy groups -OCH3 is 1. The van der Waals surface area contributed by atoms with E-state index >= 15 is 0 Å². The van der Waals surface area contributed by atoms with Crippen LogP contribution in [0.5, 0.6) is 17.2 Å². The fourth-order valence-electron chi connectivity index (χ4n) is 5.74. The molecule has 1 aliphatic heterocycles. The van der Waals surface area contributed by atoms with Crippen LogP contribution >= 0.6 is 27.3 Å².